The molecule has 0 radical (unpaired) electrons. The quantitative estimate of drug-likeness (QED) is 0.546. The van der Waals surface area contributed by atoms with Crippen LogP contribution in [0.1, 0.15) is 6.42 Å². The van der Waals surface area contributed by atoms with Crippen LogP contribution in [0.4, 0.5) is 0 Å². The van der Waals surface area contributed by atoms with E-state index >= 15 is 0 Å². The predicted octanol–water partition coefficient (Wildman–Crippen LogP) is -0.412. The molecule has 0 unspecified atom stereocenters. The second-order valence-electron chi connectivity index (χ2n) is 1.85. The SMILES string of the molecule is C1CNCCNC1.Cl.Cl.O. The van der Waals surface area contributed by atoms with E-state index in [9.17, 15) is 0 Å². The third kappa shape index (κ3) is 8.46. The maximum Gasteiger partial charge on any atom is 0.00767 e. The van der Waals surface area contributed by atoms with Crippen LogP contribution in [0.25, 0.3) is 0 Å². The van der Waals surface area contributed by atoms with E-state index in [2.05, 4.69) is 10.6 Å². The molecule has 0 bridgehead atoms. The number of rotatable bonds is 0. The van der Waals surface area contributed by atoms with Crippen LogP contribution in [0.2, 0.25) is 0 Å². The van der Waals surface area contributed by atoms with Crippen molar-refractivity contribution in [3.63, 3.8) is 0 Å². The lowest BCUT2D eigenvalue weighted by molar-refractivity contribution is 0.718. The molecule has 0 spiro atoms. The number of nitrogens with one attached hydrogen (secondary N) is 2. The minimum absolute atomic E-state index is 0. The van der Waals surface area contributed by atoms with Gasteiger partial charge in [-0.25, -0.2) is 0 Å². The lowest BCUT2D eigenvalue weighted by Gasteiger charge is -1.92. The molecule has 66 valence electrons. The zero-order valence-corrected chi connectivity index (χ0v) is 7.49. The first-order valence-electron chi connectivity index (χ1n) is 2.91. The molecule has 0 aliphatic carbocycles. The monoisotopic (exact) mass is 190 g/mol. The summed E-state index contributed by atoms with van der Waals surface area (Å²) in [6.07, 6.45) is 1.28. The van der Waals surface area contributed by atoms with Gasteiger partial charge in [-0.3, -0.25) is 0 Å². The first-order valence-corrected chi connectivity index (χ1v) is 2.91. The maximum atomic E-state index is 3.28. The number of halogens is 2. The van der Waals surface area contributed by atoms with Crippen molar-refractivity contribution in [2.75, 3.05) is 26.2 Å². The molecule has 1 fully saturated rings. The highest BCUT2D eigenvalue weighted by Gasteiger charge is 1.92. The Kier molecular flexibility index (Phi) is 20.5. The molecule has 0 aromatic carbocycles. The Bertz CT molecular complexity index is 37.3. The maximum absolute atomic E-state index is 3.28. The van der Waals surface area contributed by atoms with Crippen molar-refractivity contribution >= 4 is 24.8 Å². The van der Waals surface area contributed by atoms with Crippen LogP contribution < -0.4 is 10.6 Å². The lowest BCUT2D eigenvalue weighted by atomic mass is 10.4. The molecular formula is C5H16Cl2N2O. The highest BCUT2D eigenvalue weighted by Crippen LogP contribution is 1.75. The molecule has 0 saturated carbocycles. The average Bonchev–Trinajstić information content (AvgIpc) is 1.90. The van der Waals surface area contributed by atoms with E-state index in [1.54, 1.807) is 0 Å². The fourth-order valence-corrected chi connectivity index (χ4v) is 0.765. The van der Waals surface area contributed by atoms with Crippen molar-refractivity contribution in [1.82, 2.24) is 10.6 Å². The zero-order valence-electron chi connectivity index (χ0n) is 5.85. The lowest BCUT2D eigenvalue weighted by Crippen LogP contribution is -2.21. The van der Waals surface area contributed by atoms with E-state index in [-0.39, 0.29) is 30.3 Å². The van der Waals surface area contributed by atoms with E-state index in [4.69, 9.17) is 0 Å². The second-order valence-corrected chi connectivity index (χ2v) is 1.85. The van der Waals surface area contributed by atoms with E-state index in [0.29, 0.717) is 0 Å². The van der Waals surface area contributed by atoms with Gasteiger partial charge in [0.2, 0.25) is 0 Å². The van der Waals surface area contributed by atoms with E-state index < -0.39 is 0 Å². The topological polar surface area (TPSA) is 55.6 Å². The van der Waals surface area contributed by atoms with E-state index in [1.807, 2.05) is 0 Å². The molecule has 1 rings (SSSR count). The van der Waals surface area contributed by atoms with Crippen LogP contribution in [0.5, 0.6) is 0 Å². The van der Waals surface area contributed by atoms with Crippen molar-refractivity contribution in [3.05, 3.63) is 0 Å². The van der Waals surface area contributed by atoms with Crippen LogP contribution in [0.15, 0.2) is 0 Å². The molecule has 5 heteroatoms. The number of hydrogen-bond donors (Lipinski definition) is 2. The summed E-state index contributed by atoms with van der Waals surface area (Å²) in [6.45, 7) is 4.65. The van der Waals surface area contributed by atoms with Gasteiger partial charge in [-0.1, -0.05) is 0 Å². The summed E-state index contributed by atoms with van der Waals surface area (Å²) in [7, 11) is 0. The molecular weight excluding hydrogens is 175 g/mol. The summed E-state index contributed by atoms with van der Waals surface area (Å²) in [4.78, 5) is 0. The minimum Gasteiger partial charge on any atom is -0.412 e. The molecule has 1 saturated heterocycles. The molecule has 0 atom stereocenters. The van der Waals surface area contributed by atoms with Crippen molar-refractivity contribution in [2.24, 2.45) is 0 Å². The van der Waals surface area contributed by atoms with Gasteiger partial charge >= 0.3 is 0 Å². The fraction of sp³-hybridized carbons (Fsp3) is 1.00. The standard InChI is InChI=1S/C5H12N2.2ClH.H2O/c1-2-6-4-5-7-3-1;;;/h6-7H,1-5H2;2*1H;1H2. The van der Waals surface area contributed by atoms with E-state index in [1.165, 1.54) is 19.5 Å². The molecule has 0 amide bonds. The third-order valence-electron chi connectivity index (χ3n) is 1.19. The molecule has 1 aliphatic rings. The van der Waals surface area contributed by atoms with Crippen molar-refractivity contribution in [3.8, 4) is 0 Å². The largest absolute Gasteiger partial charge is 0.412 e. The zero-order chi connectivity index (χ0) is 4.95. The van der Waals surface area contributed by atoms with Gasteiger partial charge in [-0.2, -0.15) is 0 Å². The third-order valence-corrected chi connectivity index (χ3v) is 1.19. The van der Waals surface area contributed by atoms with Gasteiger partial charge in [0, 0.05) is 13.1 Å². The van der Waals surface area contributed by atoms with Gasteiger partial charge < -0.3 is 16.1 Å². The Labute approximate surface area is 74.1 Å². The van der Waals surface area contributed by atoms with Crippen molar-refractivity contribution in [2.45, 2.75) is 6.42 Å². The first kappa shape index (κ1) is 16.8. The number of hydrogen-bond acceptors (Lipinski definition) is 2. The summed E-state index contributed by atoms with van der Waals surface area (Å²) < 4.78 is 0. The molecule has 3 nitrogen and oxygen atoms in total. The normalized spacial score (nSPS) is 16.8. The van der Waals surface area contributed by atoms with Gasteiger partial charge in [0.25, 0.3) is 0 Å². The van der Waals surface area contributed by atoms with Gasteiger partial charge in [0.1, 0.15) is 0 Å². The molecule has 4 N–H and O–H groups in total. The minimum atomic E-state index is 0. The van der Waals surface area contributed by atoms with Crippen LogP contribution in [-0.2, 0) is 0 Å². The smallest absolute Gasteiger partial charge is 0.00767 e. The molecule has 1 heterocycles. The fourth-order valence-electron chi connectivity index (χ4n) is 0.765. The summed E-state index contributed by atoms with van der Waals surface area (Å²) in [5.74, 6) is 0. The summed E-state index contributed by atoms with van der Waals surface area (Å²) in [5.41, 5.74) is 0. The Balaban J connectivity index is -0.000000163. The average molecular weight is 191 g/mol. The molecule has 0 aromatic rings. The summed E-state index contributed by atoms with van der Waals surface area (Å²) in [5, 5.41) is 6.57. The van der Waals surface area contributed by atoms with Crippen LogP contribution >= 0.6 is 24.8 Å². The molecule has 10 heavy (non-hydrogen) atoms. The summed E-state index contributed by atoms with van der Waals surface area (Å²) >= 11 is 0. The Morgan fingerprint density at radius 2 is 1.10 bits per heavy atom. The second kappa shape index (κ2) is 12.2. The van der Waals surface area contributed by atoms with Gasteiger partial charge in [-0.15, -0.1) is 24.8 Å². The van der Waals surface area contributed by atoms with Gasteiger partial charge in [0.15, 0.2) is 0 Å². The van der Waals surface area contributed by atoms with Gasteiger partial charge in [0.05, 0.1) is 0 Å². The first-order chi connectivity index (χ1) is 3.50. The van der Waals surface area contributed by atoms with Crippen molar-refractivity contribution < 1.29 is 5.48 Å². The predicted molar refractivity (Wildman–Crippen MR) is 48.5 cm³/mol. The summed E-state index contributed by atoms with van der Waals surface area (Å²) in [6, 6.07) is 0. The Morgan fingerprint density at radius 3 is 1.50 bits per heavy atom. The van der Waals surface area contributed by atoms with Crippen molar-refractivity contribution in [1.29, 1.82) is 0 Å². The molecule has 0 aromatic heterocycles. The highest BCUT2D eigenvalue weighted by molar-refractivity contribution is 5.85. The van der Waals surface area contributed by atoms with Crippen LogP contribution in [-0.4, -0.2) is 31.7 Å². The highest BCUT2D eigenvalue weighted by atomic mass is 35.5. The molecule has 1 aliphatic heterocycles. The van der Waals surface area contributed by atoms with Crippen LogP contribution in [0, 0.1) is 0 Å². The van der Waals surface area contributed by atoms with E-state index in [0.717, 1.165) is 13.1 Å². The Morgan fingerprint density at radius 1 is 0.700 bits per heavy atom. The van der Waals surface area contributed by atoms with Crippen LogP contribution in [0.3, 0.4) is 0 Å². The van der Waals surface area contributed by atoms with Gasteiger partial charge in [-0.05, 0) is 19.5 Å². The Hall–Kier alpha value is 0.460.